The molecule has 1 aromatic heterocycles. The quantitative estimate of drug-likeness (QED) is 0.510. The molecule has 1 aliphatic rings. The average Bonchev–Trinajstić information content (AvgIpc) is 3.19. The van der Waals surface area contributed by atoms with Crippen LogP contribution in [0.1, 0.15) is 15.9 Å². The molecule has 0 saturated carbocycles. The Balaban J connectivity index is 1.42. The van der Waals surface area contributed by atoms with Crippen LogP contribution in [-0.4, -0.2) is 23.4 Å². The average molecular weight is 433 g/mol. The molecule has 0 radical (unpaired) electrons. The zero-order chi connectivity index (χ0) is 21.4. The molecule has 0 spiro atoms. The van der Waals surface area contributed by atoms with E-state index in [4.69, 9.17) is 4.74 Å². The van der Waals surface area contributed by atoms with Gasteiger partial charge in [-0.15, -0.1) is 0 Å². The molecule has 31 heavy (non-hydrogen) atoms. The van der Waals surface area contributed by atoms with E-state index in [0.717, 1.165) is 15.8 Å². The summed E-state index contributed by atoms with van der Waals surface area (Å²) in [6.45, 7) is 0.157. The van der Waals surface area contributed by atoms with Crippen molar-refractivity contribution in [3.05, 3.63) is 83.7 Å². The molecule has 5 rings (SSSR count). The molecule has 1 aliphatic heterocycles. The first-order valence-corrected chi connectivity index (χ1v) is 10.4. The SMILES string of the molecule is O=C(Nc1nc2ccccc2s1)c1ccc2c(c1)N(Cc1ccc(F)cc1)C(=O)CO2. The van der Waals surface area contributed by atoms with E-state index in [0.29, 0.717) is 22.1 Å². The Kier molecular flexibility index (Phi) is 4.83. The first kappa shape index (κ1) is 19.2. The summed E-state index contributed by atoms with van der Waals surface area (Å²) in [5.41, 5.74) is 2.46. The maximum Gasteiger partial charge on any atom is 0.265 e. The molecule has 2 heterocycles. The van der Waals surface area contributed by atoms with Crippen LogP contribution in [0, 0.1) is 5.82 Å². The lowest BCUT2D eigenvalue weighted by Crippen LogP contribution is -2.38. The minimum Gasteiger partial charge on any atom is -0.482 e. The smallest absolute Gasteiger partial charge is 0.265 e. The highest BCUT2D eigenvalue weighted by atomic mass is 32.1. The second-order valence-electron chi connectivity index (χ2n) is 7.02. The van der Waals surface area contributed by atoms with Crippen molar-refractivity contribution in [1.82, 2.24) is 4.98 Å². The molecule has 1 N–H and O–H groups in total. The van der Waals surface area contributed by atoms with E-state index in [-0.39, 0.29) is 30.8 Å². The molecule has 0 atom stereocenters. The predicted octanol–water partition coefficient (Wildman–Crippen LogP) is 4.61. The Labute approximate surface area is 180 Å². The topological polar surface area (TPSA) is 71.5 Å². The Morgan fingerprint density at radius 3 is 2.74 bits per heavy atom. The van der Waals surface area contributed by atoms with Gasteiger partial charge in [0.2, 0.25) is 0 Å². The number of benzene rings is 3. The molecular weight excluding hydrogens is 417 g/mol. The first-order chi connectivity index (χ1) is 15.1. The van der Waals surface area contributed by atoms with Crippen LogP contribution in [0.5, 0.6) is 5.75 Å². The van der Waals surface area contributed by atoms with Crippen molar-refractivity contribution in [3.8, 4) is 5.75 Å². The number of thiazole rings is 1. The molecular formula is C23H16FN3O3S. The molecule has 0 aliphatic carbocycles. The number of aromatic nitrogens is 1. The van der Waals surface area contributed by atoms with Gasteiger partial charge in [-0.25, -0.2) is 9.37 Å². The summed E-state index contributed by atoms with van der Waals surface area (Å²) in [6, 6.07) is 18.5. The van der Waals surface area contributed by atoms with Gasteiger partial charge in [0.25, 0.3) is 11.8 Å². The number of halogens is 1. The Morgan fingerprint density at radius 1 is 1.13 bits per heavy atom. The van der Waals surface area contributed by atoms with Crippen molar-refractivity contribution in [2.45, 2.75) is 6.54 Å². The van der Waals surface area contributed by atoms with Gasteiger partial charge in [0.05, 0.1) is 22.4 Å². The van der Waals surface area contributed by atoms with Crippen molar-refractivity contribution in [2.24, 2.45) is 0 Å². The van der Waals surface area contributed by atoms with Gasteiger partial charge in [-0.3, -0.25) is 14.9 Å². The number of hydrogen-bond acceptors (Lipinski definition) is 5. The van der Waals surface area contributed by atoms with Crippen LogP contribution in [0.15, 0.2) is 66.7 Å². The van der Waals surface area contributed by atoms with Gasteiger partial charge in [0.1, 0.15) is 11.6 Å². The number of rotatable bonds is 4. The summed E-state index contributed by atoms with van der Waals surface area (Å²) >= 11 is 1.39. The third kappa shape index (κ3) is 3.85. The van der Waals surface area contributed by atoms with Gasteiger partial charge in [-0.1, -0.05) is 35.6 Å². The monoisotopic (exact) mass is 433 g/mol. The van der Waals surface area contributed by atoms with Crippen LogP contribution < -0.4 is 15.0 Å². The van der Waals surface area contributed by atoms with E-state index < -0.39 is 0 Å². The summed E-state index contributed by atoms with van der Waals surface area (Å²) in [6.07, 6.45) is 0. The van der Waals surface area contributed by atoms with Crippen LogP contribution in [0.2, 0.25) is 0 Å². The van der Waals surface area contributed by atoms with Crippen LogP contribution in [0.4, 0.5) is 15.2 Å². The maximum atomic E-state index is 13.2. The number of amides is 2. The normalized spacial score (nSPS) is 13.1. The van der Waals surface area contributed by atoms with Gasteiger partial charge in [0, 0.05) is 5.56 Å². The Hall–Kier alpha value is -3.78. The second kappa shape index (κ2) is 7.81. The molecule has 2 amide bonds. The summed E-state index contributed by atoms with van der Waals surface area (Å²) < 4.78 is 19.7. The number of carbonyl (C=O) groups excluding carboxylic acids is 2. The number of carbonyl (C=O) groups is 2. The zero-order valence-electron chi connectivity index (χ0n) is 16.2. The van der Waals surface area contributed by atoms with E-state index >= 15 is 0 Å². The number of nitrogens with zero attached hydrogens (tertiary/aromatic N) is 2. The molecule has 8 heteroatoms. The lowest BCUT2D eigenvalue weighted by Gasteiger charge is -2.29. The molecule has 0 fully saturated rings. The van der Waals surface area contributed by atoms with E-state index in [1.807, 2.05) is 24.3 Å². The van der Waals surface area contributed by atoms with Gasteiger partial charge < -0.3 is 9.64 Å². The highest BCUT2D eigenvalue weighted by Gasteiger charge is 2.27. The molecule has 154 valence electrons. The van der Waals surface area contributed by atoms with Crippen molar-refractivity contribution in [1.29, 1.82) is 0 Å². The largest absolute Gasteiger partial charge is 0.482 e. The Morgan fingerprint density at radius 2 is 1.94 bits per heavy atom. The van der Waals surface area contributed by atoms with E-state index in [1.165, 1.54) is 23.5 Å². The summed E-state index contributed by atoms with van der Waals surface area (Å²) in [5, 5.41) is 3.32. The fourth-order valence-corrected chi connectivity index (χ4v) is 4.24. The molecule has 0 unspecified atom stereocenters. The lowest BCUT2D eigenvalue weighted by atomic mass is 10.1. The lowest BCUT2D eigenvalue weighted by molar-refractivity contribution is -0.121. The van der Waals surface area contributed by atoms with Crippen LogP contribution in [-0.2, 0) is 11.3 Å². The van der Waals surface area contributed by atoms with E-state index in [9.17, 15) is 14.0 Å². The molecule has 6 nitrogen and oxygen atoms in total. The van der Waals surface area contributed by atoms with Crippen LogP contribution in [0.25, 0.3) is 10.2 Å². The number of hydrogen-bond donors (Lipinski definition) is 1. The zero-order valence-corrected chi connectivity index (χ0v) is 17.0. The van der Waals surface area contributed by atoms with Gasteiger partial charge in [-0.05, 0) is 48.0 Å². The van der Waals surface area contributed by atoms with Crippen molar-refractivity contribution >= 4 is 44.2 Å². The highest BCUT2D eigenvalue weighted by Crippen LogP contribution is 2.34. The van der Waals surface area contributed by atoms with Crippen LogP contribution >= 0.6 is 11.3 Å². The summed E-state index contributed by atoms with van der Waals surface area (Å²) in [4.78, 5) is 31.3. The van der Waals surface area contributed by atoms with Gasteiger partial charge in [-0.2, -0.15) is 0 Å². The Bertz CT molecular complexity index is 1270. The van der Waals surface area contributed by atoms with E-state index in [1.54, 1.807) is 35.2 Å². The maximum absolute atomic E-state index is 13.2. The standard InChI is InChI=1S/C23H16FN3O3S/c24-16-8-5-14(6-9-16)12-27-18-11-15(7-10-19(18)30-13-21(27)28)22(29)26-23-25-17-3-1-2-4-20(17)31-23/h1-11H,12-13H2,(H,25,26,29). The molecule has 0 bridgehead atoms. The van der Waals surface area contributed by atoms with Gasteiger partial charge in [0.15, 0.2) is 11.7 Å². The fraction of sp³-hybridized carbons (Fsp3) is 0.0870. The van der Waals surface area contributed by atoms with Crippen molar-refractivity contribution in [2.75, 3.05) is 16.8 Å². The number of ether oxygens (including phenoxy) is 1. The number of nitrogens with one attached hydrogen (secondary N) is 1. The number of fused-ring (bicyclic) bond motifs is 2. The number of anilines is 2. The third-order valence-corrected chi connectivity index (χ3v) is 5.88. The van der Waals surface area contributed by atoms with E-state index in [2.05, 4.69) is 10.3 Å². The first-order valence-electron chi connectivity index (χ1n) is 9.55. The summed E-state index contributed by atoms with van der Waals surface area (Å²) in [7, 11) is 0. The van der Waals surface area contributed by atoms with Crippen molar-refractivity contribution < 1.29 is 18.7 Å². The minimum absolute atomic E-state index is 0.0918. The molecule has 3 aromatic carbocycles. The van der Waals surface area contributed by atoms with Crippen LogP contribution in [0.3, 0.4) is 0 Å². The highest BCUT2D eigenvalue weighted by molar-refractivity contribution is 7.22. The fourth-order valence-electron chi connectivity index (χ4n) is 3.38. The molecule has 0 saturated heterocycles. The second-order valence-corrected chi connectivity index (χ2v) is 8.05. The van der Waals surface area contributed by atoms with Crippen molar-refractivity contribution in [3.63, 3.8) is 0 Å². The molecule has 4 aromatic rings. The van der Waals surface area contributed by atoms with Gasteiger partial charge >= 0.3 is 0 Å². The summed E-state index contributed by atoms with van der Waals surface area (Å²) in [5.74, 6) is -0.397. The number of para-hydroxylation sites is 1. The third-order valence-electron chi connectivity index (χ3n) is 4.93. The minimum atomic E-state index is -0.341. The predicted molar refractivity (Wildman–Crippen MR) is 117 cm³/mol.